The molecule has 0 aromatic carbocycles. The summed E-state index contributed by atoms with van der Waals surface area (Å²) in [5, 5.41) is 8.93. The van der Waals surface area contributed by atoms with Crippen LogP contribution in [0.4, 0.5) is 0 Å². The zero-order valence-electron chi connectivity index (χ0n) is 10.1. The maximum atomic E-state index is 11.9. The van der Waals surface area contributed by atoms with Crippen molar-refractivity contribution in [3.8, 4) is 0 Å². The molecule has 16 heavy (non-hydrogen) atoms. The predicted octanol–water partition coefficient (Wildman–Crippen LogP) is 1.75. The standard InChI is InChI=1S/C12H21NO3/c1-3-9(2)7-11(14)13-6-4-5-10(8-13)12(15)16/h9-10H,3-8H2,1-2H3,(H,15,16)/t9?,10-/m1/s1. The first-order chi connectivity index (χ1) is 7.54. The molecule has 0 radical (unpaired) electrons. The Morgan fingerprint density at radius 1 is 1.50 bits per heavy atom. The Bertz CT molecular complexity index is 265. The molecule has 1 unspecified atom stereocenters. The van der Waals surface area contributed by atoms with E-state index in [-0.39, 0.29) is 11.8 Å². The fraction of sp³-hybridized carbons (Fsp3) is 0.833. The number of hydrogen-bond acceptors (Lipinski definition) is 2. The highest BCUT2D eigenvalue weighted by atomic mass is 16.4. The van der Waals surface area contributed by atoms with Gasteiger partial charge in [0, 0.05) is 19.5 Å². The topological polar surface area (TPSA) is 57.6 Å². The number of piperidine rings is 1. The summed E-state index contributed by atoms with van der Waals surface area (Å²) in [5.41, 5.74) is 0. The fourth-order valence-electron chi connectivity index (χ4n) is 1.98. The molecule has 1 aliphatic rings. The number of carbonyl (C=O) groups excluding carboxylic acids is 1. The number of carbonyl (C=O) groups is 2. The smallest absolute Gasteiger partial charge is 0.308 e. The van der Waals surface area contributed by atoms with Crippen molar-refractivity contribution >= 4 is 11.9 Å². The van der Waals surface area contributed by atoms with Crippen molar-refractivity contribution in [2.75, 3.05) is 13.1 Å². The third-order valence-electron chi connectivity index (χ3n) is 3.34. The predicted molar refractivity (Wildman–Crippen MR) is 61.0 cm³/mol. The average Bonchev–Trinajstić information content (AvgIpc) is 2.28. The molecule has 1 heterocycles. The molecular formula is C12H21NO3. The summed E-state index contributed by atoms with van der Waals surface area (Å²) in [7, 11) is 0. The molecule has 4 nitrogen and oxygen atoms in total. The molecule has 0 bridgehead atoms. The van der Waals surface area contributed by atoms with Crippen molar-refractivity contribution in [3.63, 3.8) is 0 Å². The van der Waals surface area contributed by atoms with E-state index in [0.29, 0.717) is 25.3 Å². The number of aliphatic carboxylic acids is 1. The van der Waals surface area contributed by atoms with Crippen LogP contribution in [0, 0.1) is 11.8 Å². The highest BCUT2D eigenvalue weighted by molar-refractivity contribution is 5.78. The second-order valence-corrected chi connectivity index (χ2v) is 4.73. The first-order valence-corrected chi connectivity index (χ1v) is 6.05. The molecule has 92 valence electrons. The fourth-order valence-corrected chi connectivity index (χ4v) is 1.98. The van der Waals surface area contributed by atoms with Gasteiger partial charge >= 0.3 is 5.97 Å². The molecule has 4 heteroatoms. The third-order valence-corrected chi connectivity index (χ3v) is 3.34. The number of carboxylic acids is 1. The lowest BCUT2D eigenvalue weighted by molar-refractivity contribution is -0.145. The molecule has 0 aromatic rings. The minimum absolute atomic E-state index is 0.111. The van der Waals surface area contributed by atoms with Gasteiger partial charge in [-0.3, -0.25) is 9.59 Å². The molecule has 1 N–H and O–H groups in total. The molecule has 2 atom stereocenters. The van der Waals surface area contributed by atoms with E-state index >= 15 is 0 Å². The van der Waals surface area contributed by atoms with Gasteiger partial charge in [0.25, 0.3) is 0 Å². The van der Waals surface area contributed by atoms with Crippen molar-refractivity contribution in [1.82, 2.24) is 4.90 Å². The lowest BCUT2D eigenvalue weighted by atomic mass is 9.97. The largest absolute Gasteiger partial charge is 0.481 e. The van der Waals surface area contributed by atoms with E-state index in [9.17, 15) is 9.59 Å². The maximum Gasteiger partial charge on any atom is 0.308 e. The minimum atomic E-state index is -0.777. The van der Waals surface area contributed by atoms with Crippen LogP contribution in [0.2, 0.25) is 0 Å². The van der Waals surface area contributed by atoms with E-state index in [1.165, 1.54) is 0 Å². The first kappa shape index (κ1) is 13.0. The number of carboxylic acid groups (broad SMARTS) is 1. The van der Waals surface area contributed by atoms with Gasteiger partial charge in [-0.2, -0.15) is 0 Å². The molecular weight excluding hydrogens is 206 g/mol. The van der Waals surface area contributed by atoms with Crippen molar-refractivity contribution in [2.45, 2.75) is 39.5 Å². The van der Waals surface area contributed by atoms with E-state index in [4.69, 9.17) is 5.11 Å². The van der Waals surface area contributed by atoms with E-state index < -0.39 is 5.97 Å². The van der Waals surface area contributed by atoms with E-state index in [2.05, 4.69) is 13.8 Å². The van der Waals surface area contributed by atoms with Gasteiger partial charge in [0.2, 0.25) is 5.91 Å². The van der Waals surface area contributed by atoms with Gasteiger partial charge in [-0.25, -0.2) is 0 Å². The highest BCUT2D eigenvalue weighted by Gasteiger charge is 2.28. The second-order valence-electron chi connectivity index (χ2n) is 4.73. The number of amides is 1. The number of nitrogens with zero attached hydrogens (tertiary/aromatic N) is 1. The average molecular weight is 227 g/mol. The van der Waals surface area contributed by atoms with Gasteiger partial charge in [0.1, 0.15) is 0 Å². The van der Waals surface area contributed by atoms with Crippen LogP contribution in [0.3, 0.4) is 0 Å². The van der Waals surface area contributed by atoms with Gasteiger partial charge in [-0.1, -0.05) is 20.3 Å². The van der Waals surface area contributed by atoms with Gasteiger partial charge in [-0.05, 0) is 18.8 Å². The lowest BCUT2D eigenvalue weighted by Crippen LogP contribution is -2.42. The summed E-state index contributed by atoms with van der Waals surface area (Å²) in [6.07, 6.45) is 3.04. The maximum absolute atomic E-state index is 11.9. The summed E-state index contributed by atoms with van der Waals surface area (Å²) in [6, 6.07) is 0. The Balaban J connectivity index is 2.47. The molecule has 0 saturated carbocycles. The monoisotopic (exact) mass is 227 g/mol. The quantitative estimate of drug-likeness (QED) is 0.796. The van der Waals surface area contributed by atoms with E-state index in [0.717, 1.165) is 19.4 Å². The molecule has 1 fully saturated rings. The molecule has 0 aliphatic carbocycles. The number of likely N-dealkylation sites (tertiary alicyclic amines) is 1. The zero-order chi connectivity index (χ0) is 12.1. The van der Waals surface area contributed by atoms with Crippen molar-refractivity contribution < 1.29 is 14.7 Å². The Kier molecular flexibility index (Phi) is 4.77. The highest BCUT2D eigenvalue weighted by Crippen LogP contribution is 2.19. The van der Waals surface area contributed by atoms with Crippen molar-refractivity contribution in [3.05, 3.63) is 0 Å². The SMILES string of the molecule is CCC(C)CC(=O)N1CCC[C@@H](C(=O)O)C1. The van der Waals surface area contributed by atoms with Crippen LogP contribution in [0.1, 0.15) is 39.5 Å². The Morgan fingerprint density at radius 3 is 2.75 bits per heavy atom. The van der Waals surface area contributed by atoms with Crippen LogP contribution < -0.4 is 0 Å². The third kappa shape index (κ3) is 3.51. The molecule has 0 aromatic heterocycles. The van der Waals surface area contributed by atoms with Crippen LogP contribution >= 0.6 is 0 Å². The summed E-state index contributed by atoms with van der Waals surface area (Å²) < 4.78 is 0. The van der Waals surface area contributed by atoms with Crippen molar-refractivity contribution in [2.24, 2.45) is 11.8 Å². The van der Waals surface area contributed by atoms with E-state index in [1.807, 2.05) is 0 Å². The lowest BCUT2D eigenvalue weighted by Gasteiger charge is -2.31. The summed E-state index contributed by atoms with van der Waals surface area (Å²) in [6.45, 7) is 5.23. The normalized spacial score (nSPS) is 22.9. The number of rotatable bonds is 4. The van der Waals surface area contributed by atoms with Crippen LogP contribution in [-0.4, -0.2) is 35.0 Å². The molecule has 0 spiro atoms. The number of hydrogen-bond donors (Lipinski definition) is 1. The van der Waals surface area contributed by atoms with Gasteiger partial charge in [0.15, 0.2) is 0 Å². The molecule has 1 rings (SSSR count). The summed E-state index contributed by atoms with van der Waals surface area (Å²) in [5.74, 6) is -0.645. The molecule has 1 aliphatic heterocycles. The Labute approximate surface area is 96.6 Å². The van der Waals surface area contributed by atoms with Gasteiger partial charge < -0.3 is 10.0 Å². The summed E-state index contributed by atoms with van der Waals surface area (Å²) >= 11 is 0. The van der Waals surface area contributed by atoms with Crippen molar-refractivity contribution in [1.29, 1.82) is 0 Å². The second kappa shape index (κ2) is 5.87. The van der Waals surface area contributed by atoms with Gasteiger partial charge in [-0.15, -0.1) is 0 Å². The van der Waals surface area contributed by atoms with Crippen LogP contribution in [0.15, 0.2) is 0 Å². The Hall–Kier alpha value is -1.06. The summed E-state index contributed by atoms with van der Waals surface area (Å²) in [4.78, 5) is 24.4. The van der Waals surface area contributed by atoms with Crippen LogP contribution in [-0.2, 0) is 9.59 Å². The molecule has 1 amide bonds. The van der Waals surface area contributed by atoms with Crippen LogP contribution in [0.5, 0.6) is 0 Å². The first-order valence-electron chi connectivity index (χ1n) is 6.05. The van der Waals surface area contributed by atoms with Crippen LogP contribution in [0.25, 0.3) is 0 Å². The van der Waals surface area contributed by atoms with E-state index in [1.54, 1.807) is 4.90 Å². The van der Waals surface area contributed by atoms with Gasteiger partial charge in [0.05, 0.1) is 5.92 Å². The molecule has 1 saturated heterocycles. The minimum Gasteiger partial charge on any atom is -0.481 e. The zero-order valence-corrected chi connectivity index (χ0v) is 10.1. The Morgan fingerprint density at radius 2 is 2.19 bits per heavy atom.